The Morgan fingerprint density at radius 1 is 1.29 bits per heavy atom. The molecule has 0 aromatic carbocycles. The van der Waals surface area contributed by atoms with Gasteiger partial charge < -0.3 is 9.84 Å². The van der Waals surface area contributed by atoms with E-state index in [1.54, 1.807) is 0 Å². The Morgan fingerprint density at radius 2 is 1.95 bits per heavy atom. The van der Waals surface area contributed by atoms with Gasteiger partial charge in [-0.3, -0.25) is 9.69 Å². The first-order valence-electron chi connectivity index (χ1n) is 8.56. The maximum absolute atomic E-state index is 11.8. The first-order chi connectivity index (χ1) is 9.93. The van der Waals surface area contributed by atoms with Crippen LogP contribution in [0.5, 0.6) is 0 Å². The van der Waals surface area contributed by atoms with Crippen LogP contribution < -0.4 is 0 Å². The summed E-state index contributed by atoms with van der Waals surface area (Å²) in [6.07, 6.45) is 5.40. The molecule has 1 aliphatic carbocycles. The standard InChI is InChI=1S/C17H31NO3/c1-4-21-16(19)15-5-8-17(20,9-6-15)12-18-10-7-13(2)11-14(18)3/h13-15,20H,4-12H2,1-3H3. The molecular formula is C17H31NO3. The highest BCUT2D eigenvalue weighted by molar-refractivity contribution is 5.72. The molecule has 4 heteroatoms. The van der Waals surface area contributed by atoms with Crippen LogP contribution in [0, 0.1) is 11.8 Å². The number of ether oxygens (including phenoxy) is 1. The van der Waals surface area contributed by atoms with Crippen LogP contribution in [0.25, 0.3) is 0 Å². The van der Waals surface area contributed by atoms with Gasteiger partial charge in [0, 0.05) is 12.6 Å². The molecule has 0 radical (unpaired) electrons. The molecule has 0 aromatic rings. The van der Waals surface area contributed by atoms with Crippen LogP contribution >= 0.6 is 0 Å². The van der Waals surface area contributed by atoms with Crippen molar-refractivity contribution in [3.8, 4) is 0 Å². The minimum Gasteiger partial charge on any atom is -0.466 e. The van der Waals surface area contributed by atoms with Gasteiger partial charge in [-0.05, 0) is 64.8 Å². The van der Waals surface area contributed by atoms with Crippen molar-refractivity contribution in [2.45, 2.75) is 70.9 Å². The fourth-order valence-electron chi connectivity index (χ4n) is 3.88. The van der Waals surface area contributed by atoms with Crippen molar-refractivity contribution in [3.63, 3.8) is 0 Å². The summed E-state index contributed by atoms with van der Waals surface area (Å²) in [4.78, 5) is 14.2. The molecule has 21 heavy (non-hydrogen) atoms. The summed E-state index contributed by atoms with van der Waals surface area (Å²) in [7, 11) is 0. The number of piperidine rings is 1. The second kappa shape index (κ2) is 7.10. The quantitative estimate of drug-likeness (QED) is 0.810. The van der Waals surface area contributed by atoms with Crippen LogP contribution in [-0.4, -0.2) is 47.3 Å². The number of aliphatic hydroxyl groups is 1. The summed E-state index contributed by atoms with van der Waals surface area (Å²) in [6, 6.07) is 0.556. The van der Waals surface area contributed by atoms with Gasteiger partial charge >= 0.3 is 5.97 Å². The van der Waals surface area contributed by atoms with E-state index in [2.05, 4.69) is 18.7 Å². The van der Waals surface area contributed by atoms with Crippen LogP contribution in [0.2, 0.25) is 0 Å². The molecular weight excluding hydrogens is 266 g/mol. The first kappa shape index (κ1) is 16.8. The number of nitrogens with zero attached hydrogens (tertiary/aromatic N) is 1. The molecule has 0 amide bonds. The zero-order chi connectivity index (χ0) is 15.5. The summed E-state index contributed by atoms with van der Waals surface area (Å²) in [5.41, 5.74) is -0.613. The molecule has 122 valence electrons. The molecule has 2 fully saturated rings. The molecule has 1 saturated heterocycles. The van der Waals surface area contributed by atoms with E-state index < -0.39 is 5.60 Å². The monoisotopic (exact) mass is 297 g/mol. The van der Waals surface area contributed by atoms with Gasteiger partial charge in [-0.15, -0.1) is 0 Å². The fraction of sp³-hybridized carbons (Fsp3) is 0.941. The van der Waals surface area contributed by atoms with Gasteiger partial charge in [0.2, 0.25) is 0 Å². The Bertz CT molecular complexity index is 350. The van der Waals surface area contributed by atoms with Crippen molar-refractivity contribution in [2.24, 2.45) is 11.8 Å². The van der Waals surface area contributed by atoms with Gasteiger partial charge in [-0.2, -0.15) is 0 Å². The van der Waals surface area contributed by atoms with Crippen molar-refractivity contribution in [1.29, 1.82) is 0 Å². The molecule has 2 rings (SSSR count). The molecule has 1 saturated carbocycles. The van der Waals surface area contributed by atoms with Crippen LogP contribution in [0.3, 0.4) is 0 Å². The summed E-state index contributed by atoms with van der Waals surface area (Å²) in [5, 5.41) is 10.8. The van der Waals surface area contributed by atoms with E-state index in [1.807, 2.05) is 6.92 Å². The van der Waals surface area contributed by atoms with Gasteiger partial charge in [-0.1, -0.05) is 6.92 Å². The summed E-state index contributed by atoms with van der Waals surface area (Å²) in [6.45, 7) is 8.72. The molecule has 2 unspecified atom stereocenters. The highest BCUT2D eigenvalue weighted by atomic mass is 16.5. The Labute approximate surface area is 128 Å². The summed E-state index contributed by atoms with van der Waals surface area (Å²) in [5.74, 6) is 0.703. The molecule has 0 spiro atoms. The smallest absolute Gasteiger partial charge is 0.308 e. The largest absolute Gasteiger partial charge is 0.466 e. The van der Waals surface area contributed by atoms with E-state index in [-0.39, 0.29) is 11.9 Å². The highest BCUT2D eigenvalue weighted by Gasteiger charge is 2.39. The molecule has 2 atom stereocenters. The average Bonchev–Trinajstić information content (AvgIpc) is 2.43. The van der Waals surface area contributed by atoms with Gasteiger partial charge in [0.25, 0.3) is 0 Å². The minimum absolute atomic E-state index is 0.0102. The van der Waals surface area contributed by atoms with Gasteiger partial charge in [0.05, 0.1) is 18.1 Å². The number of β-amino-alcohol motifs (C(OH)–C–C–N with tert-alkyl or cyclic N) is 1. The predicted molar refractivity (Wildman–Crippen MR) is 83.0 cm³/mol. The normalized spacial score (nSPS) is 38.2. The number of hydrogen-bond acceptors (Lipinski definition) is 4. The van der Waals surface area contributed by atoms with Crippen molar-refractivity contribution in [2.75, 3.05) is 19.7 Å². The lowest BCUT2D eigenvalue weighted by molar-refractivity contribution is -0.151. The Morgan fingerprint density at radius 3 is 2.52 bits per heavy atom. The van der Waals surface area contributed by atoms with Crippen LogP contribution in [0.4, 0.5) is 0 Å². The van der Waals surface area contributed by atoms with Gasteiger partial charge in [0.15, 0.2) is 0 Å². The highest BCUT2D eigenvalue weighted by Crippen LogP contribution is 2.35. The second-order valence-electron chi connectivity index (χ2n) is 7.20. The molecule has 0 bridgehead atoms. The molecule has 2 aliphatic rings. The number of hydrogen-bond donors (Lipinski definition) is 1. The fourth-order valence-corrected chi connectivity index (χ4v) is 3.88. The van der Waals surface area contributed by atoms with Crippen molar-refractivity contribution < 1.29 is 14.6 Å². The molecule has 1 N–H and O–H groups in total. The lowest BCUT2D eigenvalue weighted by atomic mass is 9.78. The summed E-state index contributed by atoms with van der Waals surface area (Å²) >= 11 is 0. The molecule has 4 nitrogen and oxygen atoms in total. The SMILES string of the molecule is CCOC(=O)C1CCC(O)(CN2CCC(C)CC2C)CC1. The molecule has 0 aromatic heterocycles. The van der Waals surface area contributed by atoms with E-state index in [4.69, 9.17) is 4.74 Å². The number of esters is 1. The number of carbonyl (C=O) groups is 1. The third kappa shape index (κ3) is 4.43. The first-order valence-corrected chi connectivity index (χ1v) is 8.56. The lowest BCUT2D eigenvalue weighted by Crippen LogP contribution is -2.51. The van der Waals surface area contributed by atoms with E-state index in [0.717, 1.165) is 44.7 Å². The van der Waals surface area contributed by atoms with Gasteiger partial charge in [-0.25, -0.2) is 0 Å². The third-order valence-electron chi connectivity index (χ3n) is 5.31. The lowest BCUT2D eigenvalue weighted by Gasteiger charge is -2.43. The predicted octanol–water partition coefficient (Wildman–Crippen LogP) is 2.59. The van der Waals surface area contributed by atoms with Gasteiger partial charge in [0.1, 0.15) is 0 Å². The van der Waals surface area contributed by atoms with Crippen molar-refractivity contribution >= 4 is 5.97 Å². The van der Waals surface area contributed by atoms with Crippen molar-refractivity contribution in [3.05, 3.63) is 0 Å². The van der Waals surface area contributed by atoms with E-state index in [1.165, 1.54) is 12.8 Å². The maximum atomic E-state index is 11.8. The number of carbonyl (C=O) groups excluding carboxylic acids is 1. The van der Waals surface area contributed by atoms with E-state index in [9.17, 15) is 9.90 Å². The summed E-state index contributed by atoms with van der Waals surface area (Å²) < 4.78 is 5.10. The zero-order valence-electron chi connectivity index (χ0n) is 13.8. The maximum Gasteiger partial charge on any atom is 0.308 e. The third-order valence-corrected chi connectivity index (χ3v) is 5.31. The topological polar surface area (TPSA) is 49.8 Å². The van der Waals surface area contributed by atoms with E-state index in [0.29, 0.717) is 12.6 Å². The van der Waals surface area contributed by atoms with Crippen molar-refractivity contribution in [1.82, 2.24) is 4.90 Å². The molecule has 1 heterocycles. The zero-order valence-corrected chi connectivity index (χ0v) is 13.8. The number of likely N-dealkylation sites (tertiary alicyclic amines) is 1. The van der Waals surface area contributed by atoms with Crippen LogP contribution in [0.1, 0.15) is 59.3 Å². The Kier molecular flexibility index (Phi) is 5.67. The Balaban J connectivity index is 1.83. The molecule has 1 aliphatic heterocycles. The van der Waals surface area contributed by atoms with Crippen LogP contribution in [-0.2, 0) is 9.53 Å². The Hall–Kier alpha value is -0.610. The van der Waals surface area contributed by atoms with Crippen LogP contribution in [0.15, 0.2) is 0 Å². The second-order valence-corrected chi connectivity index (χ2v) is 7.20. The van der Waals surface area contributed by atoms with E-state index >= 15 is 0 Å². The average molecular weight is 297 g/mol. The minimum atomic E-state index is -0.613. The number of rotatable bonds is 4.